The number of nitrogens with zero attached hydrogens (tertiary/aromatic N) is 2. The maximum absolute atomic E-state index is 12.7. The highest BCUT2D eigenvalue weighted by molar-refractivity contribution is 6.01. The number of likely N-dealkylation sites (tertiary alicyclic amines) is 1. The van der Waals surface area contributed by atoms with E-state index < -0.39 is 6.10 Å². The van der Waals surface area contributed by atoms with E-state index in [1.165, 1.54) is 0 Å². The van der Waals surface area contributed by atoms with E-state index in [4.69, 9.17) is 4.52 Å². The summed E-state index contributed by atoms with van der Waals surface area (Å²) in [7, 11) is 0. The first-order chi connectivity index (χ1) is 10.2. The summed E-state index contributed by atoms with van der Waals surface area (Å²) >= 11 is 0. The number of carbonyl (C=O) groups is 1. The molecule has 2 heterocycles. The van der Waals surface area contributed by atoms with E-state index in [2.05, 4.69) is 5.16 Å². The number of aromatic nitrogens is 1. The molecule has 3 rings (SSSR count). The van der Waals surface area contributed by atoms with E-state index in [1.54, 1.807) is 11.8 Å². The Kier molecular flexibility index (Phi) is 3.75. The first-order valence-electron chi connectivity index (χ1n) is 7.21. The third kappa shape index (κ3) is 2.56. The molecular weight excluding hydrogens is 268 g/mol. The molecule has 21 heavy (non-hydrogen) atoms. The summed E-state index contributed by atoms with van der Waals surface area (Å²) in [6.07, 6.45) is 1.17. The van der Waals surface area contributed by atoms with Gasteiger partial charge in [-0.2, -0.15) is 0 Å². The van der Waals surface area contributed by atoms with Crippen LogP contribution in [0.4, 0.5) is 0 Å². The summed E-state index contributed by atoms with van der Waals surface area (Å²) in [6.45, 7) is 3.07. The van der Waals surface area contributed by atoms with Gasteiger partial charge in [-0.25, -0.2) is 0 Å². The number of rotatable bonds is 3. The second-order valence-electron chi connectivity index (χ2n) is 5.31. The van der Waals surface area contributed by atoms with Gasteiger partial charge in [0.2, 0.25) is 0 Å². The second-order valence-corrected chi connectivity index (χ2v) is 5.31. The van der Waals surface area contributed by atoms with Gasteiger partial charge < -0.3 is 14.5 Å². The van der Waals surface area contributed by atoms with E-state index in [9.17, 15) is 9.90 Å². The summed E-state index contributed by atoms with van der Waals surface area (Å²) in [4.78, 5) is 14.5. The Morgan fingerprint density at radius 3 is 2.57 bits per heavy atom. The summed E-state index contributed by atoms with van der Waals surface area (Å²) < 4.78 is 5.24. The van der Waals surface area contributed by atoms with Crippen LogP contribution in [0.2, 0.25) is 0 Å². The summed E-state index contributed by atoms with van der Waals surface area (Å²) in [6, 6.07) is 9.43. The third-order valence-electron chi connectivity index (χ3n) is 3.75. The fraction of sp³-hybridized carbons (Fsp3) is 0.375. The van der Waals surface area contributed by atoms with E-state index in [0.717, 1.165) is 31.5 Å². The first-order valence-corrected chi connectivity index (χ1v) is 7.21. The van der Waals surface area contributed by atoms with Gasteiger partial charge in [-0.1, -0.05) is 35.5 Å². The zero-order chi connectivity index (χ0) is 14.8. The van der Waals surface area contributed by atoms with Gasteiger partial charge in [0.05, 0.1) is 0 Å². The average Bonchev–Trinajstić information content (AvgIpc) is 3.17. The van der Waals surface area contributed by atoms with Crippen molar-refractivity contribution in [1.29, 1.82) is 0 Å². The van der Waals surface area contributed by atoms with Crippen molar-refractivity contribution in [3.8, 4) is 11.3 Å². The molecule has 1 amide bonds. The van der Waals surface area contributed by atoms with Crippen LogP contribution in [-0.2, 0) is 0 Å². The van der Waals surface area contributed by atoms with Crippen LogP contribution in [0.5, 0.6) is 0 Å². The molecule has 0 radical (unpaired) electrons. The number of hydrogen-bond acceptors (Lipinski definition) is 4. The average molecular weight is 286 g/mol. The number of carbonyl (C=O) groups excluding carboxylic acids is 1. The largest absolute Gasteiger partial charge is 0.385 e. The molecule has 110 valence electrons. The molecule has 5 nitrogen and oxygen atoms in total. The molecule has 1 unspecified atom stereocenters. The van der Waals surface area contributed by atoms with Crippen molar-refractivity contribution in [3.05, 3.63) is 41.7 Å². The van der Waals surface area contributed by atoms with E-state index in [1.807, 2.05) is 30.3 Å². The van der Waals surface area contributed by atoms with Gasteiger partial charge in [0.15, 0.2) is 5.76 Å². The van der Waals surface area contributed by atoms with E-state index in [0.29, 0.717) is 11.3 Å². The molecule has 0 bridgehead atoms. The molecule has 0 saturated carbocycles. The van der Waals surface area contributed by atoms with Gasteiger partial charge >= 0.3 is 0 Å². The lowest BCUT2D eigenvalue weighted by molar-refractivity contribution is 0.0781. The quantitative estimate of drug-likeness (QED) is 0.942. The molecule has 1 aliphatic heterocycles. The van der Waals surface area contributed by atoms with Crippen molar-refractivity contribution in [1.82, 2.24) is 10.1 Å². The number of aliphatic hydroxyl groups excluding tert-OH is 1. The number of benzene rings is 1. The van der Waals surface area contributed by atoms with Crippen molar-refractivity contribution < 1.29 is 14.4 Å². The molecular formula is C16H18N2O3. The van der Waals surface area contributed by atoms with Gasteiger partial charge in [0.1, 0.15) is 17.4 Å². The predicted octanol–water partition coefficient (Wildman–Crippen LogP) is 2.63. The Labute approximate surface area is 123 Å². The van der Waals surface area contributed by atoms with Gasteiger partial charge in [-0.15, -0.1) is 0 Å². The Morgan fingerprint density at radius 1 is 1.29 bits per heavy atom. The number of amides is 1. The standard InChI is InChI=1S/C16H18N2O3/c1-11(19)15-13(16(20)18-9-5-6-10-18)14(17-21-15)12-7-3-2-4-8-12/h2-4,7-8,11,19H,5-6,9-10H2,1H3. The lowest BCUT2D eigenvalue weighted by atomic mass is 10.0. The highest BCUT2D eigenvalue weighted by Gasteiger charge is 2.30. The topological polar surface area (TPSA) is 66.6 Å². The van der Waals surface area contributed by atoms with Crippen molar-refractivity contribution >= 4 is 5.91 Å². The van der Waals surface area contributed by atoms with Crippen LogP contribution in [0.25, 0.3) is 11.3 Å². The van der Waals surface area contributed by atoms with E-state index >= 15 is 0 Å². The van der Waals surface area contributed by atoms with Gasteiger partial charge in [-0.05, 0) is 19.8 Å². The summed E-state index contributed by atoms with van der Waals surface area (Å²) in [5.41, 5.74) is 1.71. The molecule has 1 aromatic carbocycles. The van der Waals surface area contributed by atoms with Crippen molar-refractivity contribution in [3.63, 3.8) is 0 Å². The van der Waals surface area contributed by atoms with Crippen LogP contribution in [-0.4, -0.2) is 34.2 Å². The maximum atomic E-state index is 12.7. The van der Waals surface area contributed by atoms with Crippen molar-refractivity contribution in [2.24, 2.45) is 0 Å². The molecule has 1 atom stereocenters. The minimum absolute atomic E-state index is 0.108. The SMILES string of the molecule is CC(O)c1onc(-c2ccccc2)c1C(=O)N1CCCC1. The molecule has 0 aliphatic carbocycles. The molecule has 2 aromatic rings. The zero-order valence-corrected chi connectivity index (χ0v) is 12.0. The van der Waals surface area contributed by atoms with Crippen LogP contribution in [0, 0.1) is 0 Å². The van der Waals surface area contributed by atoms with Crippen LogP contribution in [0.1, 0.15) is 42.0 Å². The number of aliphatic hydroxyl groups is 1. The summed E-state index contributed by atoms with van der Waals surface area (Å²) in [5.74, 6) is 0.134. The number of hydrogen-bond donors (Lipinski definition) is 1. The Balaban J connectivity index is 2.07. The molecule has 0 spiro atoms. The van der Waals surface area contributed by atoms with Gasteiger partial charge in [0.25, 0.3) is 5.91 Å². The van der Waals surface area contributed by atoms with Gasteiger partial charge in [0, 0.05) is 18.7 Å². The molecule has 1 aliphatic rings. The fourth-order valence-corrected chi connectivity index (χ4v) is 2.67. The Bertz CT molecular complexity index is 628. The minimum atomic E-state index is -0.864. The van der Waals surface area contributed by atoms with E-state index in [-0.39, 0.29) is 11.7 Å². The monoisotopic (exact) mass is 286 g/mol. The lowest BCUT2D eigenvalue weighted by Crippen LogP contribution is -2.28. The second kappa shape index (κ2) is 5.69. The Hall–Kier alpha value is -2.14. The maximum Gasteiger partial charge on any atom is 0.259 e. The van der Waals surface area contributed by atoms with Crippen LogP contribution < -0.4 is 0 Å². The third-order valence-corrected chi connectivity index (χ3v) is 3.75. The zero-order valence-electron chi connectivity index (χ0n) is 12.0. The van der Waals surface area contributed by atoms with Crippen LogP contribution in [0.3, 0.4) is 0 Å². The fourth-order valence-electron chi connectivity index (χ4n) is 2.67. The highest BCUT2D eigenvalue weighted by atomic mass is 16.5. The summed E-state index contributed by atoms with van der Waals surface area (Å²) in [5, 5.41) is 13.9. The molecule has 5 heteroatoms. The van der Waals surface area contributed by atoms with Gasteiger partial charge in [-0.3, -0.25) is 4.79 Å². The molecule has 1 N–H and O–H groups in total. The first kappa shape index (κ1) is 13.8. The van der Waals surface area contributed by atoms with Crippen LogP contribution in [0.15, 0.2) is 34.9 Å². The highest BCUT2D eigenvalue weighted by Crippen LogP contribution is 2.30. The molecule has 1 fully saturated rings. The minimum Gasteiger partial charge on any atom is -0.385 e. The Morgan fingerprint density at radius 2 is 1.95 bits per heavy atom. The molecule has 1 saturated heterocycles. The van der Waals surface area contributed by atoms with Crippen LogP contribution >= 0.6 is 0 Å². The smallest absolute Gasteiger partial charge is 0.259 e. The van der Waals surface area contributed by atoms with Crippen molar-refractivity contribution in [2.45, 2.75) is 25.9 Å². The van der Waals surface area contributed by atoms with Crippen molar-refractivity contribution in [2.75, 3.05) is 13.1 Å². The predicted molar refractivity (Wildman–Crippen MR) is 77.7 cm³/mol. The molecule has 1 aromatic heterocycles. The normalized spacial score (nSPS) is 16.2. The lowest BCUT2D eigenvalue weighted by Gasteiger charge is -2.16.